The van der Waals surface area contributed by atoms with E-state index in [2.05, 4.69) is 20.2 Å². The summed E-state index contributed by atoms with van der Waals surface area (Å²) in [6, 6.07) is 1.93. The third kappa shape index (κ3) is 2.16. The van der Waals surface area contributed by atoms with Crippen molar-refractivity contribution in [3.63, 3.8) is 0 Å². The molecular formula is C15H14N6O2S. The van der Waals surface area contributed by atoms with Crippen LogP contribution >= 0.6 is 11.3 Å². The summed E-state index contributed by atoms with van der Waals surface area (Å²) in [5.74, 6) is 0.280. The number of methoxy groups -OCH3 is 1. The Bertz CT molecular complexity index is 1080. The SMILES string of the molecule is COC(=O)c1sc2ncn3nc(Cn4nccc4C)nc3c2c1C. The smallest absolute Gasteiger partial charge is 0.348 e. The number of nitrogens with zero attached hydrogens (tertiary/aromatic N) is 6. The summed E-state index contributed by atoms with van der Waals surface area (Å²) < 4.78 is 8.31. The van der Waals surface area contributed by atoms with E-state index in [-0.39, 0.29) is 5.97 Å². The van der Waals surface area contributed by atoms with E-state index in [9.17, 15) is 4.79 Å². The summed E-state index contributed by atoms with van der Waals surface area (Å²) in [6.07, 6.45) is 3.36. The molecule has 0 spiro atoms. The van der Waals surface area contributed by atoms with Gasteiger partial charge in [-0.15, -0.1) is 16.4 Å². The van der Waals surface area contributed by atoms with Gasteiger partial charge in [0.2, 0.25) is 0 Å². The van der Waals surface area contributed by atoms with Gasteiger partial charge >= 0.3 is 5.97 Å². The molecular weight excluding hydrogens is 328 g/mol. The van der Waals surface area contributed by atoms with Gasteiger partial charge in [-0.1, -0.05) is 0 Å². The lowest BCUT2D eigenvalue weighted by Crippen LogP contribution is -2.05. The van der Waals surface area contributed by atoms with Gasteiger partial charge < -0.3 is 4.74 Å². The van der Waals surface area contributed by atoms with E-state index >= 15 is 0 Å². The van der Waals surface area contributed by atoms with Gasteiger partial charge in [0.15, 0.2) is 11.5 Å². The summed E-state index contributed by atoms with van der Waals surface area (Å²) >= 11 is 1.30. The number of thiophene rings is 1. The molecule has 0 saturated heterocycles. The number of hydrogen-bond acceptors (Lipinski definition) is 7. The van der Waals surface area contributed by atoms with Crippen LogP contribution in [-0.2, 0) is 11.3 Å². The van der Waals surface area contributed by atoms with Crippen LogP contribution in [0.15, 0.2) is 18.6 Å². The minimum atomic E-state index is -0.361. The van der Waals surface area contributed by atoms with E-state index in [1.54, 1.807) is 17.0 Å². The van der Waals surface area contributed by atoms with Crippen molar-refractivity contribution in [3.8, 4) is 0 Å². The zero-order valence-electron chi connectivity index (χ0n) is 13.3. The average molecular weight is 342 g/mol. The van der Waals surface area contributed by atoms with Crippen LogP contribution in [0.1, 0.15) is 26.8 Å². The molecule has 9 heteroatoms. The molecule has 8 nitrogen and oxygen atoms in total. The Morgan fingerprint density at radius 2 is 2.21 bits per heavy atom. The van der Waals surface area contributed by atoms with E-state index in [0.29, 0.717) is 22.9 Å². The quantitative estimate of drug-likeness (QED) is 0.529. The number of aryl methyl sites for hydroxylation is 2. The molecule has 0 atom stereocenters. The summed E-state index contributed by atoms with van der Waals surface area (Å²) in [5.41, 5.74) is 2.54. The van der Waals surface area contributed by atoms with Crippen LogP contribution in [0.4, 0.5) is 0 Å². The van der Waals surface area contributed by atoms with Gasteiger partial charge in [-0.25, -0.2) is 19.3 Å². The van der Waals surface area contributed by atoms with Gasteiger partial charge in [0.05, 0.1) is 12.5 Å². The van der Waals surface area contributed by atoms with Gasteiger partial charge in [-0.3, -0.25) is 4.68 Å². The van der Waals surface area contributed by atoms with Crippen molar-refractivity contribution in [2.24, 2.45) is 0 Å². The molecule has 4 heterocycles. The maximum Gasteiger partial charge on any atom is 0.348 e. The van der Waals surface area contributed by atoms with Crippen molar-refractivity contribution in [1.29, 1.82) is 0 Å². The zero-order chi connectivity index (χ0) is 16.8. The van der Waals surface area contributed by atoms with Crippen LogP contribution in [-0.4, -0.2) is 42.4 Å². The third-order valence-electron chi connectivity index (χ3n) is 3.90. The van der Waals surface area contributed by atoms with E-state index in [4.69, 9.17) is 4.74 Å². The van der Waals surface area contributed by atoms with Gasteiger partial charge in [-0.05, 0) is 25.5 Å². The first kappa shape index (κ1) is 14.8. The lowest BCUT2D eigenvalue weighted by molar-refractivity contribution is 0.0605. The van der Waals surface area contributed by atoms with E-state index in [0.717, 1.165) is 21.5 Å². The van der Waals surface area contributed by atoms with Crippen molar-refractivity contribution < 1.29 is 9.53 Å². The van der Waals surface area contributed by atoms with Crippen molar-refractivity contribution >= 4 is 33.2 Å². The summed E-state index contributed by atoms with van der Waals surface area (Å²) in [6.45, 7) is 4.34. The lowest BCUT2D eigenvalue weighted by atomic mass is 10.2. The molecule has 0 aliphatic heterocycles. The normalized spacial score (nSPS) is 11.5. The van der Waals surface area contributed by atoms with Crippen LogP contribution in [0, 0.1) is 13.8 Å². The van der Waals surface area contributed by atoms with Crippen LogP contribution in [0.2, 0.25) is 0 Å². The average Bonchev–Trinajstić information content (AvgIpc) is 3.25. The molecule has 0 saturated carbocycles. The molecule has 0 aliphatic rings. The van der Waals surface area contributed by atoms with Gasteiger partial charge in [0, 0.05) is 11.9 Å². The number of carbonyl (C=O) groups excluding carboxylic acids is 1. The minimum absolute atomic E-state index is 0.361. The van der Waals surface area contributed by atoms with Crippen LogP contribution in [0.25, 0.3) is 15.9 Å². The maximum absolute atomic E-state index is 11.9. The molecule has 0 amide bonds. The Morgan fingerprint density at radius 3 is 2.92 bits per heavy atom. The molecule has 0 unspecified atom stereocenters. The van der Waals surface area contributed by atoms with Crippen LogP contribution in [0.3, 0.4) is 0 Å². The van der Waals surface area contributed by atoms with Gasteiger partial charge in [0.25, 0.3) is 0 Å². The van der Waals surface area contributed by atoms with Crippen LogP contribution in [0.5, 0.6) is 0 Å². The molecule has 24 heavy (non-hydrogen) atoms. The highest BCUT2D eigenvalue weighted by molar-refractivity contribution is 7.20. The standard InChI is InChI=1S/C15H14N6O2S/c1-8-4-5-17-20(8)6-10-18-13-11-9(2)12(15(22)23-3)24-14(11)16-7-21(13)19-10/h4-5,7H,6H2,1-3H3. The second-order valence-corrected chi connectivity index (χ2v) is 6.40. The molecule has 0 aliphatic carbocycles. The van der Waals surface area contributed by atoms with Crippen molar-refractivity contribution in [3.05, 3.63) is 40.5 Å². The number of aromatic nitrogens is 6. The second-order valence-electron chi connectivity index (χ2n) is 5.40. The Hall–Kier alpha value is -2.81. The van der Waals surface area contributed by atoms with Crippen molar-refractivity contribution in [2.45, 2.75) is 20.4 Å². The molecule has 0 radical (unpaired) electrons. The van der Waals surface area contributed by atoms with E-state index in [1.807, 2.05) is 24.6 Å². The predicted molar refractivity (Wildman–Crippen MR) is 88.3 cm³/mol. The van der Waals surface area contributed by atoms with E-state index in [1.165, 1.54) is 18.4 Å². The lowest BCUT2D eigenvalue weighted by Gasteiger charge is -1.98. The zero-order valence-corrected chi connectivity index (χ0v) is 14.2. The highest BCUT2D eigenvalue weighted by Crippen LogP contribution is 2.32. The topological polar surface area (TPSA) is 87.2 Å². The van der Waals surface area contributed by atoms with Gasteiger partial charge in [0.1, 0.15) is 22.6 Å². The Labute approximate surface area is 140 Å². The number of ether oxygens (including phenoxy) is 1. The molecule has 0 N–H and O–H groups in total. The highest BCUT2D eigenvalue weighted by atomic mass is 32.1. The fourth-order valence-electron chi connectivity index (χ4n) is 2.63. The summed E-state index contributed by atoms with van der Waals surface area (Å²) in [7, 11) is 1.37. The molecule has 122 valence electrons. The second kappa shape index (κ2) is 5.38. The Kier molecular flexibility index (Phi) is 3.31. The molecule has 4 aromatic rings. The Balaban J connectivity index is 1.87. The maximum atomic E-state index is 11.9. The van der Waals surface area contributed by atoms with Gasteiger partial charge in [-0.2, -0.15) is 5.10 Å². The fourth-order valence-corrected chi connectivity index (χ4v) is 3.69. The first-order chi connectivity index (χ1) is 11.6. The molecule has 0 fully saturated rings. The summed E-state index contributed by atoms with van der Waals surface area (Å²) in [5, 5.41) is 9.55. The van der Waals surface area contributed by atoms with Crippen molar-refractivity contribution in [2.75, 3.05) is 7.11 Å². The summed E-state index contributed by atoms with van der Waals surface area (Å²) in [4.78, 5) is 22.2. The minimum Gasteiger partial charge on any atom is -0.465 e. The predicted octanol–water partition coefficient (Wildman–Crippen LogP) is 1.99. The van der Waals surface area contributed by atoms with Crippen LogP contribution < -0.4 is 0 Å². The number of carbonyl (C=O) groups is 1. The number of fused-ring (bicyclic) bond motifs is 3. The molecule has 4 rings (SSSR count). The number of esters is 1. The monoisotopic (exact) mass is 342 g/mol. The highest BCUT2D eigenvalue weighted by Gasteiger charge is 2.20. The first-order valence-electron chi connectivity index (χ1n) is 7.28. The molecule has 0 bridgehead atoms. The van der Waals surface area contributed by atoms with E-state index < -0.39 is 0 Å². The first-order valence-corrected chi connectivity index (χ1v) is 8.10. The third-order valence-corrected chi connectivity index (χ3v) is 5.08. The van der Waals surface area contributed by atoms with Crippen molar-refractivity contribution in [1.82, 2.24) is 29.4 Å². The largest absolute Gasteiger partial charge is 0.465 e. The number of rotatable bonds is 3. The number of hydrogen-bond donors (Lipinski definition) is 0. The Morgan fingerprint density at radius 1 is 1.38 bits per heavy atom. The fraction of sp³-hybridized carbons (Fsp3) is 0.267. The molecule has 0 aromatic carbocycles. The molecule has 4 aromatic heterocycles.